The predicted molar refractivity (Wildman–Crippen MR) is 98.4 cm³/mol. The van der Waals surface area contributed by atoms with Gasteiger partial charge in [0, 0.05) is 4.88 Å². The van der Waals surface area contributed by atoms with Crippen LogP contribution in [0, 0.1) is 0 Å². The average molecular weight is 384 g/mol. The first-order valence-corrected chi connectivity index (χ1v) is 9.38. The van der Waals surface area contributed by atoms with Crippen LogP contribution in [0.25, 0.3) is 0 Å². The van der Waals surface area contributed by atoms with Crippen LogP contribution in [0.2, 0.25) is 0 Å². The minimum Gasteiger partial charge on any atom is -0.346 e. The molecule has 2 atom stereocenters. The maximum atomic E-state index is 12.2. The van der Waals surface area contributed by atoms with Gasteiger partial charge < -0.3 is 5.32 Å². The van der Waals surface area contributed by atoms with Gasteiger partial charge in [-0.1, -0.05) is 44.2 Å². The molecule has 3 nitrogen and oxygen atoms in total. The first-order chi connectivity index (χ1) is 12.3. The molecule has 26 heavy (non-hydrogen) atoms. The van der Waals surface area contributed by atoms with Crippen molar-refractivity contribution < 1.29 is 18.0 Å². The van der Waals surface area contributed by atoms with Crippen LogP contribution in [0.1, 0.15) is 48.2 Å². The Kier molecular flexibility index (Phi) is 7.23. The van der Waals surface area contributed by atoms with Crippen LogP contribution < -0.4 is 10.6 Å². The van der Waals surface area contributed by atoms with Gasteiger partial charge in [0.05, 0.1) is 12.6 Å². The van der Waals surface area contributed by atoms with Gasteiger partial charge in [0.2, 0.25) is 5.91 Å². The average Bonchev–Trinajstić information content (AvgIpc) is 3.14. The van der Waals surface area contributed by atoms with E-state index < -0.39 is 18.6 Å². The van der Waals surface area contributed by atoms with Crippen molar-refractivity contribution >= 4 is 17.2 Å². The molecule has 7 heteroatoms. The summed E-state index contributed by atoms with van der Waals surface area (Å²) in [6.45, 7) is 2.79. The van der Waals surface area contributed by atoms with E-state index in [2.05, 4.69) is 31.3 Å². The van der Waals surface area contributed by atoms with Crippen LogP contribution in [-0.2, 0) is 4.79 Å². The fraction of sp³-hybridized carbons (Fsp3) is 0.421. The molecule has 0 fully saturated rings. The number of hydrogen-bond donors (Lipinski definition) is 2. The first kappa shape index (κ1) is 20.5. The lowest BCUT2D eigenvalue weighted by Gasteiger charge is -2.19. The van der Waals surface area contributed by atoms with E-state index in [0.29, 0.717) is 5.92 Å². The maximum Gasteiger partial charge on any atom is 0.405 e. The van der Waals surface area contributed by atoms with Crippen LogP contribution in [-0.4, -0.2) is 25.2 Å². The van der Waals surface area contributed by atoms with E-state index in [1.54, 1.807) is 0 Å². The fourth-order valence-electron chi connectivity index (χ4n) is 2.55. The van der Waals surface area contributed by atoms with E-state index in [1.807, 2.05) is 35.0 Å². The van der Waals surface area contributed by atoms with Crippen molar-refractivity contribution in [2.24, 2.45) is 0 Å². The van der Waals surface area contributed by atoms with Gasteiger partial charge in [-0.2, -0.15) is 13.2 Å². The Labute approximate surface area is 155 Å². The van der Waals surface area contributed by atoms with E-state index >= 15 is 0 Å². The zero-order chi connectivity index (χ0) is 19.2. The van der Waals surface area contributed by atoms with E-state index in [9.17, 15) is 18.0 Å². The van der Waals surface area contributed by atoms with Crippen molar-refractivity contribution in [1.29, 1.82) is 0 Å². The van der Waals surface area contributed by atoms with Crippen LogP contribution >= 0.6 is 11.3 Å². The minimum absolute atomic E-state index is 0.189. The van der Waals surface area contributed by atoms with Crippen molar-refractivity contribution in [1.82, 2.24) is 10.6 Å². The third-order valence-electron chi connectivity index (χ3n) is 4.23. The smallest absolute Gasteiger partial charge is 0.346 e. The predicted octanol–water partition coefficient (Wildman–Crippen LogP) is 4.62. The zero-order valence-corrected chi connectivity index (χ0v) is 15.6. The molecule has 1 heterocycles. The molecule has 0 saturated heterocycles. The van der Waals surface area contributed by atoms with Gasteiger partial charge in [-0.25, -0.2) is 0 Å². The van der Waals surface area contributed by atoms with Gasteiger partial charge in [0.15, 0.2) is 0 Å². The summed E-state index contributed by atoms with van der Waals surface area (Å²) in [6.07, 6.45) is -3.36. The highest BCUT2D eigenvalue weighted by molar-refractivity contribution is 7.10. The zero-order valence-electron chi connectivity index (χ0n) is 14.8. The summed E-state index contributed by atoms with van der Waals surface area (Å²) in [5.41, 5.74) is 2.22. The number of thiophene rings is 1. The van der Waals surface area contributed by atoms with Crippen molar-refractivity contribution in [2.45, 2.75) is 38.4 Å². The Morgan fingerprint density at radius 3 is 2.35 bits per heavy atom. The Morgan fingerprint density at radius 1 is 1.15 bits per heavy atom. The summed E-state index contributed by atoms with van der Waals surface area (Å²) in [4.78, 5) is 12.7. The Balaban J connectivity index is 2.06. The molecule has 0 bridgehead atoms. The molecule has 2 N–H and O–H groups in total. The van der Waals surface area contributed by atoms with E-state index in [0.717, 1.165) is 16.9 Å². The number of rotatable bonds is 8. The summed E-state index contributed by atoms with van der Waals surface area (Å²) >= 11 is 1.54. The van der Waals surface area contributed by atoms with Crippen molar-refractivity contribution in [3.8, 4) is 0 Å². The number of hydrogen-bond acceptors (Lipinski definition) is 3. The van der Waals surface area contributed by atoms with Gasteiger partial charge in [-0.05, 0) is 34.9 Å². The third-order valence-corrected chi connectivity index (χ3v) is 5.17. The molecule has 1 amide bonds. The Hall–Kier alpha value is -1.86. The van der Waals surface area contributed by atoms with Gasteiger partial charge in [0.1, 0.15) is 6.54 Å². The van der Waals surface area contributed by atoms with Crippen LogP contribution in [0.5, 0.6) is 0 Å². The number of nitrogens with one attached hydrogen (secondary N) is 2. The molecule has 0 aliphatic rings. The second kappa shape index (κ2) is 9.19. The number of alkyl halides is 3. The normalized spacial score (nSPS) is 14.0. The quantitative estimate of drug-likeness (QED) is 0.697. The Morgan fingerprint density at radius 2 is 1.81 bits per heavy atom. The molecule has 2 aromatic rings. The van der Waals surface area contributed by atoms with Crippen LogP contribution in [0.3, 0.4) is 0 Å². The highest BCUT2D eigenvalue weighted by atomic mass is 32.1. The highest BCUT2D eigenvalue weighted by Crippen LogP contribution is 2.28. The summed E-state index contributed by atoms with van der Waals surface area (Å²) < 4.78 is 36.6. The van der Waals surface area contributed by atoms with Crippen molar-refractivity contribution in [2.75, 3.05) is 13.1 Å². The Bertz CT molecular complexity index is 684. The SMILES string of the molecule is CC[C@H](C)c1ccc([C@H](NCC(=O)NCC(F)(F)F)c2cccs2)cc1. The van der Waals surface area contributed by atoms with Crippen molar-refractivity contribution in [3.05, 3.63) is 57.8 Å². The lowest BCUT2D eigenvalue weighted by Crippen LogP contribution is -2.40. The van der Waals surface area contributed by atoms with Crippen LogP contribution in [0.15, 0.2) is 41.8 Å². The molecular weight excluding hydrogens is 361 g/mol. The standard InChI is InChI=1S/C19H23F3N2OS/c1-3-13(2)14-6-8-15(9-7-14)18(16-5-4-10-26-16)23-11-17(25)24-12-19(20,21)22/h4-10,13,18,23H,3,11-12H2,1-2H3,(H,24,25)/t13-,18-/m0/s1. The van der Waals surface area contributed by atoms with Crippen molar-refractivity contribution in [3.63, 3.8) is 0 Å². The largest absolute Gasteiger partial charge is 0.405 e. The lowest BCUT2D eigenvalue weighted by molar-refractivity contribution is -0.137. The highest BCUT2D eigenvalue weighted by Gasteiger charge is 2.27. The van der Waals surface area contributed by atoms with Gasteiger partial charge in [-0.15, -0.1) is 11.3 Å². The molecule has 1 aromatic carbocycles. The molecular formula is C19H23F3N2OS. The first-order valence-electron chi connectivity index (χ1n) is 8.50. The van der Waals surface area contributed by atoms with E-state index in [1.165, 1.54) is 16.9 Å². The van der Waals surface area contributed by atoms with Gasteiger partial charge in [-0.3, -0.25) is 10.1 Å². The van der Waals surface area contributed by atoms with E-state index in [-0.39, 0.29) is 12.6 Å². The fourth-order valence-corrected chi connectivity index (χ4v) is 3.37. The number of halogens is 3. The van der Waals surface area contributed by atoms with Gasteiger partial charge in [0.25, 0.3) is 0 Å². The van der Waals surface area contributed by atoms with Crippen LogP contribution in [0.4, 0.5) is 13.2 Å². The molecule has 0 radical (unpaired) electrons. The lowest BCUT2D eigenvalue weighted by atomic mass is 9.95. The molecule has 0 spiro atoms. The molecule has 0 unspecified atom stereocenters. The monoisotopic (exact) mass is 384 g/mol. The number of carbonyl (C=O) groups is 1. The van der Waals surface area contributed by atoms with Gasteiger partial charge >= 0.3 is 6.18 Å². The number of benzene rings is 1. The second-order valence-corrected chi connectivity index (χ2v) is 7.18. The summed E-state index contributed by atoms with van der Waals surface area (Å²) in [7, 11) is 0. The molecule has 1 aromatic heterocycles. The summed E-state index contributed by atoms with van der Waals surface area (Å²) in [6, 6.07) is 11.8. The van der Waals surface area contributed by atoms with E-state index in [4.69, 9.17) is 0 Å². The number of carbonyl (C=O) groups excluding carboxylic acids is 1. The topological polar surface area (TPSA) is 41.1 Å². The second-order valence-electron chi connectivity index (χ2n) is 6.20. The molecule has 0 aliphatic heterocycles. The minimum atomic E-state index is -4.41. The molecule has 142 valence electrons. The molecule has 0 saturated carbocycles. The third kappa shape index (κ3) is 6.14. The molecule has 2 rings (SSSR count). The number of amides is 1. The maximum absolute atomic E-state index is 12.2. The summed E-state index contributed by atoms with van der Waals surface area (Å²) in [5.74, 6) is -0.217. The molecule has 0 aliphatic carbocycles. The summed E-state index contributed by atoms with van der Waals surface area (Å²) in [5, 5.41) is 6.88.